The zero-order chi connectivity index (χ0) is 13.7. The van der Waals surface area contributed by atoms with Crippen molar-refractivity contribution in [2.24, 2.45) is 0 Å². The van der Waals surface area contributed by atoms with Crippen molar-refractivity contribution in [2.75, 3.05) is 25.1 Å². The lowest BCUT2D eigenvalue weighted by Crippen LogP contribution is -2.16. The first kappa shape index (κ1) is 14.0. The van der Waals surface area contributed by atoms with Crippen molar-refractivity contribution in [3.63, 3.8) is 0 Å². The van der Waals surface area contributed by atoms with Gasteiger partial charge in [-0.3, -0.25) is 0 Å². The van der Waals surface area contributed by atoms with Gasteiger partial charge in [0, 0.05) is 17.2 Å². The number of benzene rings is 1. The van der Waals surface area contributed by atoms with Gasteiger partial charge in [-0.25, -0.2) is 4.79 Å². The first-order valence-electron chi connectivity index (χ1n) is 6.22. The van der Waals surface area contributed by atoms with E-state index in [2.05, 4.69) is 5.32 Å². The van der Waals surface area contributed by atoms with Crippen molar-refractivity contribution in [2.45, 2.75) is 18.7 Å². The van der Waals surface area contributed by atoms with Crippen molar-refractivity contribution in [3.05, 3.63) is 34.9 Å². The van der Waals surface area contributed by atoms with E-state index in [0.29, 0.717) is 18.1 Å². The summed E-state index contributed by atoms with van der Waals surface area (Å²) in [5, 5.41) is 3.22. The Morgan fingerprint density at radius 2 is 2.11 bits per heavy atom. The van der Waals surface area contributed by atoms with Crippen molar-refractivity contribution in [1.82, 2.24) is 0 Å². The molecule has 1 aliphatic heterocycles. The fourth-order valence-electron chi connectivity index (χ4n) is 1.70. The van der Waals surface area contributed by atoms with Crippen LogP contribution in [0.2, 0.25) is 0 Å². The summed E-state index contributed by atoms with van der Waals surface area (Å²) in [5.74, 6) is -0.302. The van der Waals surface area contributed by atoms with Crippen LogP contribution in [0.3, 0.4) is 0 Å². The maximum atomic E-state index is 12.0. The van der Waals surface area contributed by atoms with Gasteiger partial charge in [-0.1, -0.05) is 23.9 Å². The van der Waals surface area contributed by atoms with Crippen LogP contribution in [-0.2, 0) is 14.3 Å². The molecular formula is C14H17NO3S. The lowest BCUT2D eigenvalue weighted by Gasteiger charge is -2.20. The molecule has 0 amide bonds. The molecule has 0 aromatic heterocycles. The second kappa shape index (κ2) is 6.63. The largest absolute Gasteiger partial charge is 0.459 e. The van der Waals surface area contributed by atoms with Crippen LogP contribution in [0, 0.1) is 0 Å². The third kappa shape index (κ3) is 3.52. The van der Waals surface area contributed by atoms with Gasteiger partial charge < -0.3 is 14.8 Å². The molecule has 0 fully saturated rings. The molecule has 1 heterocycles. The lowest BCUT2D eigenvalue weighted by atomic mass is 10.3. The van der Waals surface area contributed by atoms with E-state index in [1.807, 2.05) is 38.1 Å². The number of thioether (sulfide) groups is 1. The fourth-order valence-corrected chi connectivity index (χ4v) is 2.64. The molecule has 0 saturated carbocycles. The molecule has 1 N–H and O–H groups in total. The zero-order valence-corrected chi connectivity index (χ0v) is 11.9. The number of rotatable bonds is 5. The summed E-state index contributed by atoms with van der Waals surface area (Å²) in [5.41, 5.74) is 1.85. The number of esters is 1. The number of para-hydroxylation sites is 1. The molecule has 102 valence electrons. The molecule has 2 rings (SSSR count). The quantitative estimate of drug-likeness (QED) is 0.663. The summed E-state index contributed by atoms with van der Waals surface area (Å²) < 4.78 is 10.3. The van der Waals surface area contributed by atoms with Crippen LogP contribution in [-0.4, -0.2) is 25.8 Å². The van der Waals surface area contributed by atoms with E-state index in [0.717, 1.165) is 16.3 Å². The fraction of sp³-hybridized carbons (Fsp3) is 0.357. The predicted molar refractivity (Wildman–Crippen MR) is 76.1 cm³/mol. The number of hydrogen-bond donors (Lipinski definition) is 1. The second-order valence-electron chi connectivity index (χ2n) is 4.01. The summed E-state index contributed by atoms with van der Waals surface area (Å²) in [6.45, 7) is 5.13. The van der Waals surface area contributed by atoms with Gasteiger partial charge in [-0.05, 0) is 26.0 Å². The highest BCUT2D eigenvalue weighted by Crippen LogP contribution is 2.39. The molecular weight excluding hydrogens is 262 g/mol. The second-order valence-corrected chi connectivity index (χ2v) is 5.06. The molecule has 0 unspecified atom stereocenters. The highest BCUT2D eigenvalue weighted by molar-refractivity contribution is 8.04. The van der Waals surface area contributed by atoms with Crippen LogP contribution < -0.4 is 5.32 Å². The number of allylic oxidation sites excluding steroid dienone is 1. The highest BCUT2D eigenvalue weighted by Gasteiger charge is 2.22. The van der Waals surface area contributed by atoms with Gasteiger partial charge in [0.2, 0.25) is 0 Å². The zero-order valence-electron chi connectivity index (χ0n) is 11.1. The van der Waals surface area contributed by atoms with Gasteiger partial charge in [0.05, 0.1) is 12.3 Å². The molecule has 0 aliphatic carbocycles. The number of ether oxygens (including phenoxy) is 2. The molecule has 1 aliphatic rings. The maximum absolute atomic E-state index is 12.0. The van der Waals surface area contributed by atoms with E-state index in [1.165, 1.54) is 11.8 Å². The van der Waals surface area contributed by atoms with Crippen LogP contribution in [0.1, 0.15) is 13.8 Å². The van der Waals surface area contributed by atoms with Crippen LogP contribution in [0.4, 0.5) is 5.69 Å². The van der Waals surface area contributed by atoms with Crippen molar-refractivity contribution in [3.8, 4) is 0 Å². The number of anilines is 1. The van der Waals surface area contributed by atoms with E-state index in [1.54, 1.807) is 0 Å². The third-order valence-electron chi connectivity index (χ3n) is 2.61. The van der Waals surface area contributed by atoms with E-state index in [4.69, 9.17) is 9.47 Å². The Labute approximate surface area is 117 Å². The van der Waals surface area contributed by atoms with Gasteiger partial charge in [-0.15, -0.1) is 0 Å². The predicted octanol–water partition coefficient (Wildman–Crippen LogP) is 3.02. The van der Waals surface area contributed by atoms with Gasteiger partial charge in [0.15, 0.2) is 0 Å². The van der Waals surface area contributed by atoms with Crippen molar-refractivity contribution < 1.29 is 14.3 Å². The Morgan fingerprint density at radius 3 is 2.89 bits per heavy atom. The lowest BCUT2D eigenvalue weighted by molar-refractivity contribution is -0.139. The van der Waals surface area contributed by atoms with E-state index < -0.39 is 0 Å². The minimum Gasteiger partial charge on any atom is -0.459 e. The van der Waals surface area contributed by atoms with Crippen LogP contribution in [0.25, 0.3) is 0 Å². The van der Waals surface area contributed by atoms with Gasteiger partial charge >= 0.3 is 5.97 Å². The standard InChI is InChI=1S/C14H17NO3S/c1-3-17-8-9-18-14(16)13-10(2)15-11-6-4-5-7-12(11)19-13/h4-7,15H,3,8-9H2,1-2H3. The minimum absolute atomic E-state index is 0.283. The van der Waals surface area contributed by atoms with Crippen molar-refractivity contribution >= 4 is 23.4 Å². The number of carbonyl (C=O) groups excluding carboxylic acids is 1. The van der Waals surface area contributed by atoms with Crippen LogP contribution >= 0.6 is 11.8 Å². The van der Waals surface area contributed by atoms with E-state index in [-0.39, 0.29) is 12.6 Å². The van der Waals surface area contributed by atoms with E-state index >= 15 is 0 Å². The summed E-state index contributed by atoms with van der Waals surface area (Å²) in [7, 11) is 0. The summed E-state index contributed by atoms with van der Waals surface area (Å²) >= 11 is 1.44. The number of carbonyl (C=O) groups is 1. The van der Waals surface area contributed by atoms with Gasteiger partial charge in [0.25, 0.3) is 0 Å². The summed E-state index contributed by atoms with van der Waals surface area (Å²) in [6, 6.07) is 7.88. The van der Waals surface area contributed by atoms with Gasteiger partial charge in [0.1, 0.15) is 11.5 Å². The molecule has 5 heteroatoms. The van der Waals surface area contributed by atoms with Crippen LogP contribution in [0.15, 0.2) is 39.8 Å². The first-order valence-corrected chi connectivity index (χ1v) is 7.03. The molecule has 19 heavy (non-hydrogen) atoms. The maximum Gasteiger partial charge on any atom is 0.346 e. The summed E-state index contributed by atoms with van der Waals surface area (Å²) in [6.07, 6.45) is 0. The first-order chi connectivity index (χ1) is 9.22. The van der Waals surface area contributed by atoms with E-state index in [9.17, 15) is 4.79 Å². The smallest absolute Gasteiger partial charge is 0.346 e. The molecule has 0 radical (unpaired) electrons. The normalized spacial score (nSPS) is 13.8. The minimum atomic E-state index is -0.302. The van der Waals surface area contributed by atoms with Crippen molar-refractivity contribution in [1.29, 1.82) is 0 Å². The third-order valence-corrected chi connectivity index (χ3v) is 3.87. The number of fused-ring (bicyclic) bond motifs is 1. The Hall–Kier alpha value is -1.46. The average Bonchev–Trinajstić information content (AvgIpc) is 2.42. The molecule has 0 atom stereocenters. The molecule has 1 aromatic rings. The average molecular weight is 279 g/mol. The highest BCUT2D eigenvalue weighted by atomic mass is 32.2. The molecule has 0 bridgehead atoms. The van der Waals surface area contributed by atoms with Crippen LogP contribution in [0.5, 0.6) is 0 Å². The SMILES string of the molecule is CCOCCOC(=O)C1=C(C)Nc2ccccc2S1. The summed E-state index contributed by atoms with van der Waals surface area (Å²) in [4.78, 5) is 13.6. The Bertz CT molecular complexity index is 499. The van der Waals surface area contributed by atoms with Gasteiger partial charge in [-0.2, -0.15) is 0 Å². The molecule has 0 saturated heterocycles. The molecule has 1 aromatic carbocycles. The Kier molecular flexibility index (Phi) is 4.87. The number of nitrogens with one attached hydrogen (secondary N) is 1. The number of hydrogen-bond acceptors (Lipinski definition) is 5. The molecule has 4 nitrogen and oxygen atoms in total. The Balaban J connectivity index is 1.99. The topological polar surface area (TPSA) is 47.6 Å². The monoisotopic (exact) mass is 279 g/mol. The molecule has 0 spiro atoms. The Morgan fingerprint density at radius 1 is 1.32 bits per heavy atom.